The molecule has 1 aromatic heterocycles. The fraction of sp³-hybridized carbons (Fsp3) is 0.190. The van der Waals surface area contributed by atoms with Crippen molar-refractivity contribution < 1.29 is 4.79 Å². The second kappa shape index (κ2) is 8.64. The van der Waals surface area contributed by atoms with Gasteiger partial charge in [-0.25, -0.2) is 9.97 Å². The third-order valence-electron chi connectivity index (χ3n) is 4.00. The largest absolute Gasteiger partial charge is 0.352 e. The van der Waals surface area contributed by atoms with E-state index in [2.05, 4.69) is 26.7 Å². The summed E-state index contributed by atoms with van der Waals surface area (Å²) in [7, 11) is 0. The molecule has 0 spiro atoms. The van der Waals surface area contributed by atoms with E-state index in [9.17, 15) is 4.79 Å². The first-order chi connectivity index (χ1) is 13.0. The van der Waals surface area contributed by atoms with Crippen LogP contribution < -0.4 is 10.6 Å². The molecule has 0 aliphatic carbocycles. The molecule has 0 saturated heterocycles. The van der Waals surface area contributed by atoms with Crippen LogP contribution >= 0.6 is 11.6 Å². The van der Waals surface area contributed by atoms with Crippen molar-refractivity contribution in [3.63, 3.8) is 0 Å². The number of hydrogen-bond donors (Lipinski definition) is 2. The van der Waals surface area contributed by atoms with Gasteiger partial charge in [0.25, 0.3) is 5.91 Å². The average molecular weight is 381 g/mol. The summed E-state index contributed by atoms with van der Waals surface area (Å²) in [6.07, 6.45) is 3.78. The summed E-state index contributed by atoms with van der Waals surface area (Å²) in [4.78, 5) is 20.7. The second-order valence-corrected chi connectivity index (χ2v) is 6.87. The van der Waals surface area contributed by atoms with Crippen molar-refractivity contribution in [1.29, 1.82) is 0 Å². The molecular weight excluding hydrogens is 360 g/mol. The molecule has 27 heavy (non-hydrogen) atoms. The van der Waals surface area contributed by atoms with Crippen LogP contribution in [0.1, 0.15) is 27.0 Å². The number of carbonyl (C=O) groups excluding carboxylic acids is 1. The number of nitrogens with zero attached hydrogens (tertiary/aromatic N) is 2. The summed E-state index contributed by atoms with van der Waals surface area (Å²) >= 11 is 5.87. The molecule has 0 saturated carbocycles. The Kier molecular flexibility index (Phi) is 6.04. The van der Waals surface area contributed by atoms with Crippen LogP contribution in [0.15, 0.2) is 54.9 Å². The molecule has 0 fully saturated rings. The number of rotatable bonds is 6. The highest BCUT2D eigenvalue weighted by Crippen LogP contribution is 2.17. The number of halogens is 1. The highest BCUT2D eigenvalue weighted by Gasteiger charge is 2.07. The van der Waals surface area contributed by atoms with Gasteiger partial charge in [0.05, 0.1) is 5.56 Å². The van der Waals surface area contributed by atoms with E-state index in [1.54, 1.807) is 0 Å². The third kappa shape index (κ3) is 5.53. The predicted octanol–water partition coefficient (Wildman–Crippen LogP) is 4.46. The van der Waals surface area contributed by atoms with Crippen molar-refractivity contribution in [2.45, 2.75) is 20.3 Å². The summed E-state index contributed by atoms with van der Waals surface area (Å²) in [5.74, 6) is 0.264. The first-order valence-electron chi connectivity index (χ1n) is 8.69. The predicted molar refractivity (Wildman–Crippen MR) is 109 cm³/mol. The molecule has 3 aromatic rings. The first-order valence-corrected chi connectivity index (χ1v) is 9.07. The van der Waals surface area contributed by atoms with E-state index in [1.807, 2.05) is 50.2 Å². The lowest BCUT2D eigenvalue weighted by atomic mass is 10.1. The molecule has 138 valence electrons. The first kappa shape index (κ1) is 18.9. The van der Waals surface area contributed by atoms with Crippen LogP contribution in [0.25, 0.3) is 0 Å². The molecular formula is C21H21ClN4O. The second-order valence-electron chi connectivity index (χ2n) is 6.43. The normalized spacial score (nSPS) is 10.5. The Morgan fingerprint density at radius 1 is 1.00 bits per heavy atom. The summed E-state index contributed by atoms with van der Waals surface area (Å²) < 4.78 is 0. The molecule has 0 unspecified atom stereocenters. The van der Waals surface area contributed by atoms with Crippen molar-refractivity contribution in [1.82, 2.24) is 15.3 Å². The summed E-state index contributed by atoms with van der Waals surface area (Å²) in [5, 5.41) is 6.73. The number of hydrogen-bond acceptors (Lipinski definition) is 4. The Morgan fingerprint density at radius 3 is 2.26 bits per heavy atom. The SMILES string of the molecule is Cc1cc(C)cc(Nc2ncc(C(=O)NCCc3ccc(Cl)cc3)cn2)c1. The van der Waals surface area contributed by atoms with Crippen LogP contribution in [-0.4, -0.2) is 22.4 Å². The van der Waals surface area contributed by atoms with Gasteiger partial charge in [-0.15, -0.1) is 0 Å². The molecule has 1 amide bonds. The number of aromatic nitrogens is 2. The highest BCUT2D eigenvalue weighted by atomic mass is 35.5. The van der Waals surface area contributed by atoms with E-state index in [0.717, 1.165) is 28.8 Å². The fourth-order valence-corrected chi connectivity index (χ4v) is 2.89. The molecule has 0 radical (unpaired) electrons. The molecule has 0 aliphatic rings. The maximum atomic E-state index is 12.2. The van der Waals surface area contributed by atoms with Gasteiger partial charge >= 0.3 is 0 Å². The zero-order chi connectivity index (χ0) is 19.2. The Labute approximate surface area is 163 Å². The zero-order valence-electron chi connectivity index (χ0n) is 15.3. The minimum atomic E-state index is -0.193. The van der Waals surface area contributed by atoms with Crippen molar-refractivity contribution in [2.24, 2.45) is 0 Å². The van der Waals surface area contributed by atoms with Crippen molar-refractivity contribution in [3.05, 3.63) is 82.1 Å². The summed E-state index contributed by atoms with van der Waals surface area (Å²) in [6, 6.07) is 13.7. The van der Waals surface area contributed by atoms with Crippen molar-refractivity contribution in [2.75, 3.05) is 11.9 Å². The Bertz CT molecular complexity index is 904. The van der Waals surface area contributed by atoms with E-state index in [1.165, 1.54) is 12.4 Å². The molecule has 0 bridgehead atoms. The number of carbonyl (C=O) groups is 1. The van der Waals surface area contributed by atoms with Crippen LogP contribution in [0.4, 0.5) is 11.6 Å². The number of amides is 1. The van der Waals surface area contributed by atoms with Gasteiger partial charge in [0.1, 0.15) is 0 Å². The van der Waals surface area contributed by atoms with E-state index in [-0.39, 0.29) is 5.91 Å². The molecule has 0 atom stereocenters. The Hall–Kier alpha value is -2.92. The Balaban J connectivity index is 1.54. The smallest absolute Gasteiger partial charge is 0.254 e. The van der Waals surface area contributed by atoms with Gasteiger partial charge in [0, 0.05) is 29.6 Å². The standard InChI is InChI=1S/C21H21ClN4O/c1-14-9-15(2)11-19(10-14)26-21-24-12-17(13-25-21)20(27)23-8-7-16-3-5-18(22)6-4-16/h3-6,9-13H,7-8H2,1-2H3,(H,23,27)(H,24,25,26). The minimum Gasteiger partial charge on any atom is -0.352 e. The number of aryl methyl sites for hydroxylation is 2. The molecule has 6 heteroatoms. The van der Waals surface area contributed by atoms with Gasteiger partial charge in [-0.2, -0.15) is 0 Å². The van der Waals surface area contributed by atoms with E-state index < -0.39 is 0 Å². The third-order valence-corrected chi connectivity index (χ3v) is 4.26. The summed E-state index contributed by atoms with van der Waals surface area (Å²) in [5.41, 5.74) is 4.79. The quantitative estimate of drug-likeness (QED) is 0.662. The van der Waals surface area contributed by atoms with Gasteiger partial charge in [-0.1, -0.05) is 29.8 Å². The monoisotopic (exact) mass is 380 g/mol. The van der Waals surface area contributed by atoms with Gasteiger partial charge in [0.15, 0.2) is 0 Å². The molecule has 2 N–H and O–H groups in total. The lowest BCUT2D eigenvalue weighted by Gasteiger charge is -2.08. The molecule has 5 nitrogen and oxygen atoms in total. The van der Waals surface area contributed by atoms with Gasteiger partial charge < -0.3 is 10.6 Å². The van der Waals surface area contributed by atoms with Gasteiger partial charge in [0.2, 0.25) is 5.95 Å². The van der Waals surface area contributed by atoms with Crippen LogP contribution in [0, 0.1) is 13.8 Å². The Morgan fingerprint density at radius 2 is 1.63 bits per heavy atom. The van der Waals surface area contributed by atoms with E-state index in [0.29, 0.717) is 23.1 Å². The molecule has 1 heterocycles. The van der Waals surface area contributed by atoms with Gasteiger partial charge in [-0.05, 0) is 61.2 Å². The lowest BCUT2D eigenvalue weighted by Crippen LogP contribution is -2.26. The molecule has 0 aliphatic heterocycles. The number of benzene rings is 2. The maximum Gasteiger partial charge on any atom is 0.254 e. The number of nitrogens with one attached hydrogen (secondary N) is 2. The van der Waals surface area contributed by atoms with Crippen LogP contribution in [0.3, 0.4) is 0 Å². The van der Waals surface area contributed by atoms with Crippen molar-refractivity contribution in [3.8, 4) is 0 Å². The van der Waals surface area contributed by atoms with Crippen LogP contribution in [0.2, 0.25) is 5.02 Å². The maximum absolute atomic E-state index is 12.2. The van der Waals surface area contributed by atoms with E-state index >= 15 is 0 Å². The highest BCUT2D eigenvalue weighted by molar-refractivity contribution is 6.30. The minimum absolute atomic E-state index is 0.193. The van der Waals surface area contributed by atoms with Crippen LogP contribution in [0.5, 0.6) is 0 Å². The van der Waals surface area contributed by atoms with Crippen molar-refractivity contribution >= 4 is 29.1 Å². The zero-order valence-corrected chi connectivity index (χ0v) is 16.0. The topological polar surface area (TPSA) is 66.9 Å². The summed E-state index contributed by atoms with van der Waals surface area (Å²) in [6.45, 7) is 4.61. The number of anilines is 2. The lowest BCUT2D eigenvalue weighted by molar-refractivity contribution is 0.0953. The fourth-order valence-electron chi connectivity index (χ4n) is 2.76. The molecule has 2 aromatic carbocycles. The molecule has 3 rings (SSSR count). The van der Waals surface area contributed by atoms with E-state index in [4.69, 9.17) is 11.6 Å². The van der Waals surface area contributed by atoms with Crippen LogP contribution in [-0.2, 0) is 6.42 Å². The average Bonchev–Trinajstić information content (AvgIpc) is 2.63. The van der Waals surface area contributed by atoms with Gasteiger partial charge in [-0.3, -0.25) is 4.79 Å².